The average molecular weight is 333 g/mol. The van der Waals surface area contributed by atoms with Gasteiger partial charge >= 0.3 is 0 Å². The molecule has 5 nitrogen and oxygen atoms in total. The molecule has 2 heterocycles. The summed E-state index contributed by atoms with van der Waals surface area (Å²) in [5, 5.41) is 4.06. The number of benzene rings is 2. The molecule has 4 rings (SSSR count). The van der Waals surface area contributed by atoms with E-state index < -0.39 is 0 Å². The molecule has 2 aromatic carbocycles. The van der Waals surface area contributed by atoms with Crippen LogP contribution in [-0.2, 0) is 0 Å². The van der Waals surface area contributed by atoms with E-state index in [1.807, 2.05) is 59.5 Å². The Labute approximate surface area is 146 Å². The third-order valence-corrected chi connectivity index (χ3v) is 4.46. The Bertz CT molecular complexity index is 867. The number of hydrogen-bond acceptors (Lipinski definition) is 4. The van der Waals surface area contributed by atoms with Crippen molar-refractivity contribution < 1.29 is 9.32 Å². The molecule has 0 N–H and O–H groups in total. The van der Waals surface area contributed by atoms with Crippen molar-refractivity contribution in [3.05, 3.63) is 60.2 Å². The van der Waals surface area contributed by atoms with Crippen LogP contribution < -0.4 is 0 Å². The number of rotatable bonds is 3. The number of carbonyl (C=O) groups is 1. The van der Waals surface area contributed by atoms with Gasteiger partial charge < -0.3 is 9.42 Å². The highest BCUT2D eigenvalue weighted by molar-refractivity contribution is 5.95. The molecule has 126 valence electrons. The summed E-state index contributed by atoms with van der Waals surface area (Å²) in [5.41, 5.74) is 2.33. The highest BCUT2D eigenvalue weighted by Gasteiger charge is 2.19. The van der Waals surface area contributed by atoms with Gasteiger partial charge in [0.25, 0.3) is 11.8 Å². The van der Waals surface area contributed by atoms with Crippen LogP contribution in [-0.4, -0.2) is 34.0 Å². The number of piperidine rings is 1. The van der Waals surface area contributed by atoms with E-state index in [1.165, 1.54) is 6.42 Å². The fourth-order valence-electron chi connectivity index (χ4n) is 3.11. The van der Waals surface area contributed by atoms with Gasteiger partial charge in [-0.05, 0) is 43.5 Å². The summed E-state index contributed by atoms with van der Waals surface area (Å²) in [5.74, 6) is 1.05. The van der Waals surface area contributed by atoms with E-state index >= 15 is 0 Å². The zero-order valence-electron chi connectivity index (χ0n) is 13.9. The lowest BCUT2D eigenvalue weighted by Gasteiger charge is -2.26. The number of aromatic nitrogens is 2. The average Bonchev–Trinajstić information content (AvgIpc) is 3.19. The lowest BCUT2D eigenvalue weighted by atomic mass is 10.1. The first-order chi connectivity index (χ1) is 12.3. The van der Waals surface area contributed by atoms with Gasteiger partial charge in [0.1, 0.15) is 0 Å². The first kappa shape index (κ1) is 15.6. The molecule has 1 saturated heterocycles. The molecule has 1 aliphatic heterocycles. The monoisotopic (exact) mass is 333 g/mol. The van der Waals surface area contributed by atoms with Crippen molar-refractivity contribution in [1.29, 1.82) is 0 Å². The summed E-state index contributed by atoms with van der Waals surface area (Å²) in [4.78, 5) is 19.1. The van der Waals surface area contributed by atoms with Gasteiger partial charge in [-0.25, -0.2) is 0 Å². The normalized spacial score (nSPS) is 14.5. The van der Waals surface area contributed by atoms with Gasteiger partial charge in [-0.3, -0.25) is 4.79 Å². The number of nitrogens with zero attached hydrogens (tertiary/aromatic N) is 3. The topological polar surface area (TPSA) is 59.2 Å². The maximum atomic E-state index is 12.7. The van der Waals surface area contributed by atoms with Gasteiger partial charge in [0, 0.05) is 29.8 Å². The Balaban J connectivity index is 1.59. The smallest absolute Gasteiger partial charge is 0.258 e. The number of likely N-dealkylation sites (tertiary alicyclic amines) is 1. The number of amides is 1. The van der Waals surface area contributed by atoms with E-state index in [0.29, 0.717) is 17.3 Å². The minimum absolute atomic E-state index is 0.0772. The van der Waals surface area contributed by atoms with Gasteiger partial charge in [-0.2, -0.15) is 4.98 Å². The Morgan fingerprint density at radius 3 is 2.48 bits per heavy atom. The van der Waals surface area contributed by atoms with E-state index in [4.69, 9.17) is 4.52 Å². The predicted molar refractivity (Wildman–Crippen MR) is 94.9 cm³/mol. The molecule has 1 fully saturated rings. The molecule has 3 aromatic rings. The molecular weight excluding hydrogens is 314 g/mol. The van der Waals surface area contributed by atoms with Gasteiger partial charge in [0.15, 0.2) is 0 Å². The standard InChI is InChI=1S/C20H19N3O2/c24-20(23-12-5-2-6-13-23)17-11-7-10-16(14-17)18-21-19(25-22-18)15-8-3-1-4-9-15/h1,3-4,7-11,14H,2,5-6,12-13H2. The molecule has 1 amide bonds. The van der Waals surface area contributed by atoms with Crippen LogP contribution in [0, 0.1) is 0 Å². The second-order valence-electron chi connectivity index (χ2n) is 6.22. The molecule has 0 aliphatic carbocycles. The zero-order valence-corrected chi connectivity index (χ0v) is 13.9. The maximum absolute atomic E-state index is 12.7. The second kappa shape index (κ2) is 6.89. The van der Waals surface area contributed by atoms with Crippen molar-refractivity contribution in [1.82, 2.24) is 15.0 Å². The van der Waals surface area contributed by atoms with Gasteiger partial charge in [0.05, 0.1) is 0 Å². The Hall–Kier alpha value is -2.95. The lowest BCUT2D eigenvalue weighted by molar-refractivity contribution is 0.0724. The van der Waals surface area contributed by atoms with Crippen LogP contribution in [0.25, 0.3) is 22.8 Å². The highest BCUT2D eigenvalue weighted by atomic mass is 16.5. The summed E-state index contributed by atoms with van der Waals surface area (Å²) in [6.45, 7) is 1.67. The Morgan fingerprint density at radius 1 is 0.920 bits per heavy atom. The molecule has 0 radical (unpaired) electrons. The van der Waals surface area contributed by atoms with Crippen molar-refractivity contribution >= 4 is 5.91 Å². The van der Waals surface area contributed by atoms with Crippen LogP contribution in [0.5, 0.6) is 0 Å². The van der Waals surface area contributed by atoms with E-state index in [0.717, 1.165) is 37.1 Å². The molecule has 0 unspecified atom stereocenters. The van der Waals surface area contributed by atoms with Crippen LogP contribution in [0.15, 0.2) is 59.1 Å². The molecule has 1 aromatic heterocycles. The third-order valence-electron chi connectivity index (χ3n) is 4.46. The largest absolute Gasteiger partial charge is 0.339 e. The van der Waals surface area contributed by atoms with Crippen molar-refractivity contribution in [2.75, 3.05) is 13.1 Å². The molecule has 25 heavy (non-hydrogen) atoms. The molecule has 5 heteroatoms. The summed E-state index contributed by atoms with van der Waals surface area (Å²) >= 11 is 0. The van der Waals surface area contributed by atoms with Crippen molar-refractivity contribution in [2.24, 2.45) is 0 Å². The van der Waals surface area contributed by atoms with Gasteiger partial charge in [-0.15, -0.1) is 0 Å². The van der Waals surface area contributed by atoms with Crippen molar-refractivity contribution in [3.8, 4) is 22.8 Å². The maximum Gasteiger partial charge on any atom is 0.258 e. The second-order valence-corrected chi connectivity index (χ2v) is 6.22. The molecule has 0 saturated carbocycles. The SMILES string of the molecule is O=C(c1cccc(-c2noc(-c3ccccc3)n2)c1)N1CCCCC1. The Morgan fingerprint density at radius 2 is 1.68 bits per heavy atom. The van der Waals surface area contributed by atoms with Gasteiger partial charge in [-0.1, -0.05) is 35.5 Å². The van der Waals surface area contributed by atoms with Crippen molar-refractivity contribution in [2.45, 2.75) is 19.3 Å². The molecule has 0 bridgehead atoms. The fraction of sp³-hybridized carbons (Fsp3) is 0.250. The Kier molecular flexibility index (Phi) is 4.29. The quantitative estimate of drug-likeness (QED) is 0.726. The van der Waals surface area contributed by atoms with Gasteiger partial charge in [0.2, 0.25) is 5.82 Å². The highest BCUT2D eigenvalue weighted by Crippen LogP contribution is 2.23. The lowest BCUT2D eigenvalue weighted by Crippen LogP contribution is -2.35. The number of hydrogen-bond donors (Lipinski definition) is 0. The summed E-state index contributed by atoms with van der Waals surface area (Å²) in [6.07, 6.45) is 3.36. The van der Waals surface area contributed by atoms with E-state index in [9.17, 15) is 4.79 Å². The van der Waals surface area contributed by atoms with E-state index in [2.05, 4.69) is 10.1 Å². The molecular formula is C20H19N3O2. The third kappa shape index (κ3) is 3.31. The fourth-order valence-corrected chi connectivity index (χ4v) is 3.11. The minimum Gasteiger partial charge on any atom is -0.339 e. The van der Waals surface area contributed by atoms with Crippen LogP contribution in [0.4, 0.5) is 0 Å². The molecule has 0 spiro atoms. The minimum atomic E-state index is 0.0772. The zero-order chi connectivity index (χ0) is 17.1. The van der Waals surface area contributed by atoms with Crippen LogP contribution in [0.3, 0.4) is 0 Å². The predicted octanol–water partition coefficient (Wildman–Crippen LogP) is 4.03. The molecule has 0 atom stereocenters. The molecule has 1 aliphatic rings. The van der Waals surface area contributed by atoms with E-state index in [1.54, 1.807) is 0 Å². The summed E-state index contributed by atoms with van der Waals surface area (Å²) in [7, 11) is 0. The van der Waals surface area contributed by atoms with E-state index in [-0.39, 0.29) is 5.91 Å². The van der Waals surface area contributed by atoms with Crippen molar-refractivity contribution in [3.63, 3.8) is 0 Å². The summed E-state index contributed by atoms with van der Waals surface area (Å²) in [6, 6.07) is 17.1. The summed E-state index contributed by atoms with van der Waals surface area (Å²) < 4.78 is 5.37. The van der Waals surface area contributed by atoms with Crippen LogP contribution in [0.1, 0.15) is 29.6 Å². The van der Waals surface area contributed by atoms with Crippen LogP contribution >= 0.6 is 0 Å². The van der Waals surface area contributed by atoms with Crippen LogP contribution in [0.2, 0.25) is 0 Å². The first-order valence-electron chi connectivity index (χ1n) is 8.60. The first-order valence-corrected chi connectivity index (χ1v) is 8.60. The number of carbonyl (C=O) groups excluding carboxylic acids is 1.